The van der Waals surface area contributed by atoms with Crippen molar-refractivity contribution in [2.75, 3.05) is 6.54 Å². The van der Waals surface area contributed by atoms with Gasteiger partial charge < -0.3 is 10.7 Å². The van der Waals surface area contributed by atoms with Gasteiger partial charge in [0.1, 0.15) is 5.82 Å². The third kappa shape index (κ3) is 1.88. The molecule has 19 heavy (non-hydrogen) atoms. The van der Waals surface area contributed by atoms with Gasteiger partial charge in [0.05, 0.1) is 5.52 Å². The molecule has 102 valence electrons. The highest BCUT2D eigenvalue weighted by Crippen LogP contribution is 2.43. The van der Waals surface area contributed by atoms with E-state index >= 15 is 0 Å². The normalized spacial score (nSPS) is 18.9. The smallest absolute Gasteiger partial charge is 0.147 e. The maximum atomic E-state index is 13.9. The molecule has 1 fully saturated rings. The molecule has 0 aliphatic heterocycles. The number of nitrogens with two attached hydrogens (primary N) is 1. The molecule has 1 aliphatic carbocycles. The van der Waals surface area contributed by atoms with Gasteiger partial charge in [0.15, 0.2) is 0 Å². The Balaban J connectivity index is 2.23. The van der Waals surface area contributed by atoms with Crippen LogP contribution in [-0.4, -0.2) is 11.5 Å². The van der Waals surface area contributed by atoms with E-state index in [2.05, 4.69) is 4.98 Å². The maximum Gasteiger partial charge on any atom is 0.147 e. The fraction of sp³-hybridized carbons (Fsp3) is 0.500. The van der Waals surface area contributed by atoms with E-state index in [9.17, 15) is 4.39 Å². The van der Waals surface area contributed by atoms with Crippen LogP contribution < -0.4 is 5.73 Å². The molecular weight excluding hydrogens is 239 g/mol. The van der Waals surface area contributed by atoms with Crippen molar-refractivity contribution >= 4 is 10.9 Å². The minimum Gasteiger partial charge on any atom is -0.356 e. The summed E-state index contributed by atoms with van der Waals surface area (Å²) in [5.74, 6) is -0.171. The Morgan fingerprint density at radius 3 is 2.68 bits per heavy atom. The first-order chi connectivity index (χ1) is 9.18. The van der Waals surface area contributed by atoms with Gasteiger partial charge >= 0.3 is 0 Å². The average Bonchev–Trinajstić information content (AvgIpc) is 2.78. The molecule has 0 unspecified atom stereocenters. The van der Waals surface area contributed by atoms with Crippen molar-refractivity contribution in [1.82, 2.24) is 4.98 Å². The van der Waals surface area contributed by atoms with Gasteiger partial charge in [-0.1, -0.05) is 31.4 Å². The summed E-state index contributed by atoms with van der Waals surface area (Å²) in [6.07, 6.45) is 5.97. The van der Waals surface area contributed by atoms with Gasteiger partial charge in [0.25, 0.3) is 0 Å². The first-order valence-electron chi connectivity index (χ1n) is 7.15. The van der Waals surface area contributed by atoms with Crippen molar-refractivity contribution in [3.05, 3.63) is 35.3 Å². The molecule has 0 saturated heterocycles. The first-order valence-corrected chi connectivity index (χ1v) is 7.15. The second-order valence-electron chi connectivity index (χ2n) is 5.83. The molecular formula is C16H21FN2. The second-order valence-corrected chi connectivity index (χ2v) is 5.83. The number of para-hydroxylation sites is 1. The lowest BCUT2D eigenvalue weighted by Gasteiger charge is -2.37. The van der Waals surface area contributed by atoms with Crippen LogP contribution in [0.1, 0.15) is 43.4 Å². The second kappa shape index (κ2) is 4.64. The fourth-order valence-corrected chi connectivity index (χ4v) is 3.78. The Morgan fingerprint density at radius 1 is 1.26 bits per heavy atom. The summed E-state index contributed by atoms with van der Waals surface area (Å²) < 4.78 is 13.9. The van der Waals surface area contributed by atoms with Gasteiger partial charge in [0.2, 0.25) is 0 Å². The average molecular weight is 260 g/mol. The lowest BCUT2D eigenvalue weighted by molar-refractivity contribution is 0.302. The Bertz CT molecular complexity index is 594. The number of hydrogen-bond acceptors (Lipinski definition) is 1. The highest BCUT2D eigenvalue weighted by molar-refractivity contribution is 5.86. The SMILES string of the molecule is Cc1[nH]c2c(F)cccc2c1C1(CN)CCCCC1. The molecule has 3 N–H and O–H groups in total. The predicted octanol–water partition coefficient (Wildman–Crippen LogP) is 3.78. The van der Waals surface area contributed by atoms with Gasteiger partial charge in [-0.3, -0.25) is 0 Å². The standard InChI is InChI=1S/C16H21FN2/c1-11-14(16(10-18)8-3-2-4-9-16)12-6-5-7-13(17)15(12)19-11/h5-7,19H,2-4,8-10,18H2,1H3. The minimum absolute atomic E-state index is 0.0361. The van der Waals surface area contributed by atoms with Crippen LogP contribution in [0, 0.1) is 12.7 Å². The van der Waals surface area contributed by atoms with Crippen LogP contribution >= 0.6 is 0 Å². The van der Waals surface area contributed by atoms with Gasteiger partial charge in [-0.05, 0) is 31.4 Å². The van der Waals surface area contributed by atoms with E-state index in [-0.39, 0.29) is 11.2 Å². The summed E-state index contributed by atoms with van der Waals surface area (Å²) in [7, 11) is 0. The summed E-state index contributed by atoms with van der Waals surface area (Å²) in [5.41, 5.74) is 9.12. The summed E-state index contributed by atoms with van der Waals surface area (Å²) >= 11 is 0. The number of rotatable bonds is 2. The van der Waals surface area contributed by atoms with Crippen LogP contribution in [0.5, 0.6) is 0 Å². The van der Waals surface area contributed by atoms with E-state index in [1.807, 2.05) is 13.0 Å². The summed E-state index contributed by atoms with van der Waals surface area (Å²) in [6.45, 7) is 2.69. The number of H-pyrrole nitrogens is 1. The highest BCUT2D eigenvalue weighted by atomic mass is 19.1. The number of aromatic nitrogens is 1. The van der Waals surface area contributed by atoms with Gasteiger partial charge in [-0.2, -0.15) is 0 Å². The van der Waals surface area contributed by atoms with Crippen molar-refractivity contribution in [3.8, 4) is 0 Å². The Hall–Kier alpha value is -1.35. The molecule has 3 heteroatoms. The number of hydrogen-bond donors (Lipinski definition) is 2. The summed E-state index contributed by atoms with van der Waals surface area (Å²) in [6, 6.07) is 5.32. The zero-order valence-corrected chi connectivity index (χ0v) is 11.4. The number of aryl methyl sites for hydroxylation is 1. The van der Waals surface area contributed by atoms with Crippen LogP contribution in [0.15, 0.2) is 18.2 Å². The van der Waals surface area contributed by atoms with Gasteiger partial charge in [0, 0.05) is 23.0 Å². The van der Waals surface area contributed by atoms with E-state index in [0.717, 1.165) is 23.9 Å². The van der Waals surface area contributed by atoms with Crippen LogP contribution in [0.2, 0.25) is 0 Å². The van der Waals surface area contributed by atoms with Crippen molar-refractivity contribution < 1.29 is 4.39 Å². The van der Waals surface area contributed by atoms with E-state index in [0.29, 0.717) is 12.1 Å². The molecule has 1 aliphatic rings. The van der Waals surface area contributed by atoms with Crippen molar-refractivity contribution in [3.63, 3.8) is 0 Å². The molecule has 3 rings (SSSR count). The molecule has 1 saturated carbocycles. The third-order valence-electron chi connectivity index (χ3n) is 4.70. The van der Waals surface area contributed by atoms with Crippen molar-refractivity contribution in [1.29, 1.82) is 0 Å². The quantitative estimate of drug-likeness (QED) is 0.847. The highest BCUT2D eigenvalue weighted by Gasteiger charge is 2.36. The Labute approximate surface area is 113 Å². The predicted molar refractivity (Wildman–Crippen MR) is 76.8 cm³/mol. The molecule has 0 atom stereocenters. The fourth-order valence-electron chi connectivity index (χ4n) is 3.78. The zero-order chi connectivity index (χ0) is 13.5. The molecule has 1 heterocycles. The van der Waals surface area contributed by atoms with Gasteiger partial charge in [-0.25, -0.2) is 4.39 Å². The number of fused-ring (bicyclic) bond motifs is 1. The maximum absolute atomic E-state index is 13.9. The van der Waals surface area contributed by atoms with E-state index in [1.54, 1.807) is 6.07 Å². The van der Waals surface area contributed by atoms with Gasteiger partial charge in [-0.15, -0.1) is 0 Å². The van der Waals surface area contributed by atoms with Crippen LogP contribution in [0.3, 0.4) is 0 Å². The van der Waals surface area contributed by atoms with E-state index < -0.39 is 0 Å². The molecule has 1 aromatic carbocycles. The lowest BCUT2D eigenvalue weighted by Crippen LogP contribution is -2.37. The van der Waals surface area contributed by atoms with E-state index in [4.69, 9.17) is 5.73 Å². The van der Waals surface area contributed by atoms with E-state index in [1.165, 1.54) is 30.9 Å². The molecule has 0 radical (unpaired) electrons. The molecule has 1 aromatic heterocycles. The number of benzene rings is 1. The topological polar surface area (TPSA) is 41.8 Å². The van der Waals surface area contributed by atoms with Crippen molar-refractivity contribution in [2.24, 2.45) is 5.73 Å². The monoisotopic (exact) mass is 260 g/mol. The molecule has 0 amide bonds. The van der Waals surface area contributed by atoms with Crippen LogP contribution in [-0.2, 0) is 5.41 Å². The lowest BCUT2D eigenvalue weighted by atomic mass is 9.68. The number of aromatic amines is 1. The summed E-state index contributed by atoms with van der Waals surface area (Å²) in [5, 5.41) is 1.02. The van der Waals surface area contributed by atoms with Crippen LogP contribution in [0.4, 0.5) is 4.39 Å². The third-order valence-corrected chi connectivity index (χ3v) is 4.70. The van der Waals surface area contributed by atoms with Crippen molar-refractivity contribution in [2.45, 2.75) is 44.4 Å². The number of halogens is 1. The largest absolute Gasteiger partial charge is 0.356 e. The molecule has 0 bridgehead atoms. The number of nitrogens with one attached hydrogen (secondary N) is 1. The minimum atomic E-state index is -0.171. The molecule has 0 spiro atoms. The summed E-state index contributed by atoms with van der Waals surface area (Å²) in [4.78, 5) is 3.22. The Morgan fingerprint density at radius 2 is 2.00 bits per heavy atom. The first kappa shape index (κ1) is 12.7. The molecule has 2 nitrogen and oxygen atoms in total. The Kier molecular flexibility index (Phi) is 3.09. The zero-order valence-electron chi connectivity index (χ0n) is 11.4. The molecule has 2 aromatic rings. The van der Waals surface area contributed by atoms with Crippen LogP contribution in [0.25, 0.3) is 10.9 Å².